The van der Waals surface area contributed by atoms with Crippen LogP contribution in [0.1, 0.15) is 53.4 Å². The summed E-state index contributed by atoms with van der Waals surface area (Å²) in [7, 11) is 0. The Balaban J connectivity index is 1.81. The average molecular weight is 292 g/mol. The van der Waals surface area contributed by atoms with Gasteiger partial charge >= 0.3 is 0 Å². The van der Waals surface area contributed by atoms with E-state index in [4.69, 9.17) is 0 Å². The maximum atomic E-state index is 2.45. The second-order valence-corrected chi connectivity index (χ2v) is 6.21. The van der Waals surface area contributed by atoms with Gasteiger partial charge < -0.3 is 19.6 Å². The van der Waals surface area contributed by atoms with Crippen molar-refractivity contribution in [1.82, 2.24) is 19.6 Å². The van der Waals surface area contributed by atoms with E-state index in [-0.39, 0.29) is 0 Å². The van der Waals surface area contributed by atoms with Crippen molar-refractivity contribution in [2.75, 3.05) is 19.8 Å². The minimum atomic E-state index is 0.474. The van der Waals surface area contributed by atoms with Crippen LogP contribution in [0.2, 0.25) is 0 Å². The number of unbranched alkanes of at least 4 members (excludes halogenated alkanes) is 2. The molecule has 0 aromatic carbocycles. The minimum absolute atomic E-state index is 0.474. The van der Waals surface area contributed by atoms with Gasteiger partial charge in [-0.15, -0.1) is 0 Å². The quantitative estimate of drug-likeness (QED) is 0.679. The van der Waals surface area contributed by atoms with E-state index in [0.29, 0.717) is 12.3 Å². The molecule has 0 radical (unpaired) electrons. The van der Waals surface area contributed by atoms with E-state index in [1.54, 1.807) is 0 Å². The van der Waals surface area contributed by atoms with Crippen LogP contribution < -0.4 is 0 Å². The Morgan fingerprint density at radius 3 is 1.43 bits per heavy atom. The van der Waals surface area contributed by atoms with Crippen LogP contribution in [-0.2, 0) is 0 Å². The summed E-state index contributed by atoms with van der Waals surface area (Å²) in [6, 6.07) is 0. The topological polar surface area (TPSA) is 13.0 Å². The molecule has 2 rings (SSSR count). The van der Waals surface area contributed by atoms with Gasteiger partial charge in [-0.05, 0) is 26.7 Å². The summed E-state index contributed by atoms with van der Waals surface area (Å²) in [5.74, 6) is 0. The van der Waals surface area contributed by atoms with E-state index < -0.39 is 0 Å². The second kappa shape index (κ2) is 7.62. The highest BCUT2D eigenvalue weighted by atomic mass is 15.5. The van der Waals surface area contributed by atoms with Crippen LogP contribution in [0, 0.1) is 0 Å². The van der Waals surface area contributed by atoms with E-state index in [1.165, 1.54) is 38.8 Å². The predicted octanol–water partition coefficient (Wildman–Crippen LogP) is 3.41. The number of hydrogen-bond donors (Lipinski definition) is 0. The van der Waals surface area contributed by atoms with Gasteiger partial charge in [0, 0.05) is 37.9 Å². The Morgan fingerprint density at radius 2 is 1.05 bits per heavy atom. The Kier molecular flexibility index (Phi) is 5.83. The van der Waals surface area contributed by atoms with Crippen molar-refractivity contribution in [2.45, 2.75) is 65.7 Å². The summed E-state index contributed by atoms with van der Waals surface area (Å²) in [5, 5.41) is 0. The van der Waals surface area contributed by atoms with Crippen LogP contribution in [0.5, 0.6) is 0 Å². The first-order valence-electron chi connectivity index (χ1n) is 8.57. The van der Waals surface area contributed by atoms with Crippen molar-refractivity contribution in [1.29, 1.82) is 0 Å². The molecule has 0 saturated heterocycles. The number of nitrogens with zero attached hydrogens (tertiary/aromatic N) is 4. The fourth-order valence-corrected chi connectivity index (χ4v) is 2.95. The zero-order chi connectivity index (χ0) is 15.2. The molecule has 2 unspecified atom stereocenters. The van der Waals surface area contributed by atoms with Crippen LogP contribution in [0.3, 0.4) is 0 Å². The molecule has 0 fully saturated rings. The minimum Gasteiger partial charge on any atom is -0.356 e. The summed E-state index contributed by atoms with van der Waals surface area (Å²) >= 11 is 0. The third-order valence-corrected chi connectivity index (χ3v) is 4.69. The summed E-state index contributed by atoms with van der Waals surface area (Å²) in [5.41, 5.74) is 0. The highest BCUT2D eigenvalue weighted by molar-refractivity contribution is 4.99. The Hall–Kier alpha value is -1.32. The molecule has 4 nitrogen and oxygen atoms in total. The van der Waals surface area contributed by atoms with Gasteiger partial charge in [-0.1, -0.05) is 26.7 Å². The van der Waals surface area contributed by atoms with Crippen molar-refractivity contribution in [3.8, 4) is 0 Å². The first-order valence-corrected chi connectivity index (χ1v) is 8.57. The molecular formula is C17H32N4. The van der Waals surface area contributed by atoms with Crippen LogP contribution in [0.25, 0.3) is 0 Å². The molecule has 0 aromatic rings. The number of rotatable bonds is 8. The van der Waals surface area contributed by atoms with Crippen molar-refractivity contribution >= 4 is 0 Å². The van der Waals surface area contributed by atoms with Gasteiger partial charge in [0.1, 0.15) is 0 Å². The Bertz CT molecular complexity index is 332. The van der Waals surface area contributed by atoms with Crippen molar-refractivity contribution in [3.63, 3.8) is 0 Å². The lowest BCUT2D eigenvalue weighted by Crippen LogP contribution is -2.45. The lowest BCUT2D eigenvalue weighted by Gasteiger charge is -2.36. The molecule has 0 saturated carbocycles. The summed E-state index contributed by atoms with van der Waals surface area (Å²) < 4.78 is 0. The monoisotopic (exact) mass is 292 g/mol. The Labute approximate surface area is 130 Å². The highest BCUT2D eigenvalue weighted by Gasteiger charge is 2.27. The first-order chi connectivity index (χ1) is 10.2. The lowest BCUT2D eigenvalue weighted by molar-refractivity contribution is 0.0769. The van der Waals surface area contributed by atoms with Crippen molar-refractivity contribution in [3.05, 3.63) is 24.8 Å². The predicted molar refractivity (Wildman–Crippen MR) is 89.0 cm³/mol. The van der Waals surface area contributed by atoms with Gasteiger partial charge in [0.2, 0.25) is 0 Å². The molecule has 0 bridgehead atoms. The second-order valence-electron chi connectivity index (χ2n) is 6.21. The fraction of sp³-hybridized carbons (Fsp3) is 0.765. The van der Waals surface area contributed by atoms with Gasteiger partial charge in [-0.2, -0.15) is 0 Å². The van der Waals surface area contributed by atoms with E-state index >= 15 is 0 Å². The van der Waals surface area contributed by atoms with E-state index in [2.05, 4.69) is 72.1 Å². The molecule has 2 aliphatic heterocycles. The third-order valence-electron chi connectivity index (χ3n) is 4.69. The molecule has 0 aromatic heterocycles. The maximum Gasteiger partial charge on any atom is 0.0993 e. The van der Waals surface area contributed by atoms with Crippen molar-refractivity contribution < 1.29 is 0 Å². The fourth-order valence-electron chi connectivity index (χ4n) is 2.95. The van der Waals surface area contributed by atoms with Crippen LogP contribution >= 0.6 is 0 Å². The SMILES string of the molecule is CCCCN1C=CN(CN2C=CN(CCCC)C2C)C1C. The normalized spacial score (nSPS) is 24.8. The van der Waals surface area contributed by atoms with E-state index in [1.807, 2.05) is 0 Å². The van der Waals surface area contributed by atoms with Gasteiger partial charge in [-0.25, -0.2) is 0 Å². The standard InChI is InChI=1S/C17H32N4/c1-5-7-9-18-11-13-20(16(18)3)15-21-14-12-19(17(21)4)10-8-6-2/h11-14,16-17H,5-10,15H2,1-4H3. The molecule has 2 atom stereocenters. The molecule has 0 amide bonds. The summed E-state index contributed by atoms with van der Waals surface area (Å²) in [4.78, 5) is 9.76. The molecule has 21 heavy (non-hydrogen) atoms. The first kappa shape index (κ1) is 16.1. The van der Waals surface area contributed by atoms with Crippen LogP contribution in [0.4, 0.5) is 0 Å². The molecular weight excluding hydrogens is 260 g/mol. The summed E-state index contributed by atoms with van der Waals surface area (Å²) in [6.45, 7) is 12.4. The third kappa shape index (κ3) is 3.86. The molecule has 2 aliphatic rings. The number of hydrogen-bond acceptors (Lipinski definition) is 4. The molecule has 0 aliphatic carbocycles. The van der Waals surface area contributed by atoms with E-state index in [0.717, 1.165) is 6.67 Å². The largest absolute Gasteiger partial charge is 0.356 e. The highest BCUT2D eigenvalue weighted by Crippen LogP contribution is 2.21. The van der Waals surface area contributed by atoms with Gasteiger partial charge in [0.15, 0.2) is 0 Å². The lowest BCUT2D eigenvalue weighted by atomic mass is 10.3. The zero-order valence-electron chi connectivity index (χ0n) is 14.2. The van der Waals surface area contributed by atoms with Gasteiger partial charge in [0.05, 0.1) is 19.0 Å². The van der Waals surface area contributed by atoms with Gasteiger partial charge in [0.25, 0.3) is 0 Å². The molecule has 2 heterocycles. The summed E-state index contributed by atoms with van der Waals surface area (Å²) in [6.07, 6.45) is 15.0. The molecule has 0 N–H and O–H groups in total. The van der Waals surface area contributed by atoms with Crippen LogP contribution in [-0.4, -0.2) is 51.7 Å². The van der Waals surface area contributed by atoms with Crippen molar-refractivity contribution in [2.24, 2.45) is 0 Å². The van der Waals surface area contributed by atoms with E-state index in [9.17, 15) is 0 Å². The smallest absolute Gasteiger partial charge is 0.0993 e. The van der Waals surface area contributed by atoms with Gasteiger partial charge in [-0.3, -0.25) is 0 Å². The Morgan fingerprint density at radius 1 is 0.667 bits per heavy atom. The maximum absolute atomic E-state index is 2.45. The molecule has 0 spiro atoms. The zero-order valence-corrected chi connectivity index (χ0v) is 14.2. The molecule has 4 heteroatoms. The van der Waals surface area contributed by atoms with Crippen LogP contribution in [0.15, 0.2) is 24.8 Å². The average Bonchev–Trinajstić information content (AvgIpc) is 3.00. The molecule has 120 valence electrons.